The Bertz CT molecular complexity index is 1410. The van der Waals surface area contributed by atoms with Gasteiger partial charge in [-0.25, -0.2) is 12.7 Å². The van der Waals surface area contributed by atoms with Gasteiger partial charge in [0, 0.05) is 60.7 Å². The first-order valence-corrected chi connectivity index (χ1v) is 18.3. The molecule has 2 saturated heterocycles. The van der Waals surface area contributed by atoms with Crippen LogP contribution in [0.3, 0.4) is 0 Å². The minimum Gasteiger partial charge on any atom is -0.481 e. The number of carbonyl (C=O) groups excluding carboxylic acids is 1. The predicted molar refractivity (Wildman–Crippen MR) is 176 cm³/mol. The fourth-order valence-electron chi connectivity index (χ4n) is 7.43. The number of nitrogens with zero attached hydrogens (tertiary/aromatic N) is 3. The average molecular weight is 683 g/mol. The number of ether oxygens (including phenoxy) is 1. The number of sulfonamides is 1. The normalized spacial score (nSPS) is 28.7. The Labute approximate surface area is 277 Å². The molecule has 1 saturated carbocycles. The highest BCUT2D eigenvalue weighted by molar-refractivity contribution is 7.90. The van der Waals surface area contributed by atoms with Crippen LogP contribution in [-0.2, 0) is 24.3 Å². The number of likely N-dealkylation sites (N-methyl/N-ethyl adjacent to an activating group) is 1. The zero-order valence-corrected chi connectivity index (χ0v) is 28.4. The number of hydrogen-bond donors (Lipinski definition) is 1. The number of halogens is 2. The van der Waals surface area contributed by atoms with Crippen molar-refractivity contribution in [1.82, 2.24) is 14.1 Å². The topological polar surface area (TPSA) is 107 Å². The second-order valence-corrected chi connectivity index (χ2v) is 16.3. The maximum Gasteiger partial charge on any atom is 0.304 e. The van der Waals surface area contributed by atoms with E-state index in [9.17, 15) is 18.3 Å². The highest BCUT2D eigenvalue weighted by Crippen LogP contribution is 2.51. The number of likely N-dealkylation sites (tertiary alicyclic amines) is 1. The molecule has 4 aliphatic rings. The van der Waals surface area contributed by atoms with E-state index in [1.165, 1.54) is 4.31 Å². The lowest BCUT2D eigenvalue weighted by atomic mass is 9.63. The number of aliphatic carboxylic acids is 1. The number of benzene rings is 1. The fraction of sp³-hybridized carbons (Fsp3) is 0.636. The van der Waals surface area contributed by atoms with Crippen molar-refractivity contribution in [2.24, 2.45) is 11.3 Å². The summed E-state index contributed by atoms with van der Waals surface area (Å²) < 4.78 is 33.5. The monoisotopic (exact) mass is 681 g/mol. The van der Waals surface area contributed by atoms with Crippen LogP contribution >= 0.6 is 23.2 Å². The molecule has 3 fully saturated rings. The molecule has 45 heavy (non-hydrogen) atoms. The van der Waals surface area contributed by atoms with Crippen molar-refractivity contribution >= 4 is 45.1 Å². The van der Waals surface area contributed by atoms with Crippen molar-refractivity contribution < 1.29 is 27.9 Å². The van der Waals surface area contributed by atoms with Crippen LogP contribution in [0.5, 0.6) is 0 Å². The number of piperidine rings is 1. The Hall–Kier alpha value is -1.95. The van der Waals surface area contributed by atoms with Crippen molar-refractivity contribution in [3.63, 3.8) is 0 Å². The van der Waals surface area contributed by atoms with Gasteiger partial charge in [0.1, 0.15) is 0 Å². The summed E-state index contributed by atoms with van der Waals surface area (Å²) in [6, 6.07) is 6.80. The number of carbonyl (C=O) groups is 2. The molecule has 1 N–H and O–H groups in total. The van der Waals surface area contributed by atoms with Gasteiger partial charge in [0.25, 0.3) is 0 Å². The Morgan fingerprint density at radius 2 is 1.96 bits per heavy atom. The average Bonchev–Trinajstić information content (AvgIpc) is 3.87. The number of carboxylic acids is 1. The summed E-state index contributed by atoms with van der Waals surface area (Å²) >= 11 is 12.9. The molecule has 2 aliphatic heterocycles. The van der Waals surface area contributed by atoms with Gasteiger partial charge >= 0.3 is 5.97 Å². The Balaban J connectivity index is 1.61. The lowest BCUT2D eigenvalue weighted by Crippen LogP contribution is -2.64. The van der Waals surface area contributed by atoms with Gasteiger partial charge in [0.05, 0.1) is 30.3 Å². The van der Waals surface area contributed by atoms with Crippen molar-refractivity contribution in [3.05, 3.63) is 58.1 Å². The molecule has 12 heteroatoms. The van der Waals surface area contributed by atoms with E-state index in [-0.39, 0.29) is 42.0 Å². The van der Waals surface area contributed by atoms with E-state index < -0.39 is 27.4 Å². The molecule has 0 radical (unpaired) electrons. The van der Waals surface area contributed by atoms with Crippen LogP contribution in [0.15, 0.2) is 47.5 Å². The largest absolute Gasteiger partial charge is 0.481 e. The number of hydrogen-bond acceptors (Lipinski definition) is 6. The van der Waals surface area contributed by atoms with Crippen LogP contribution in [0.25, 0.3) is 0 Å². The zero-order chi connectivity index (χ0) is 32.4. The summed E-state index contributed by atoms with van der Waals surface area (Å²) in [6.07, 6.45) is 8.66. The Kier molecular flexibility index (Phi) is 11.0. The quantitative estimate of drug-likeness (QED) is 0.308. The third kappa shape index (κ3) is 7.79. The first-order valence-electron chi connectivity index (χ1n) is 16.0. The first kappa shape index (κ1) is 34.4. The molecule has 9 nitrogen and oxygen atoms in total. The highest BCUT2D eigenvalue weighted by Gasteiger charge is 2.56. The lowest BCUT2D eigenvalue weighted by Gasteiger charge is -2.55. The first-order chi connectivity index (χ1) is 21.4. The Morgan fingerprint density at radius 3 is 2.56 bits per heavy atom. The fourth-order valence-corrected chi connectivity index (χ4v) is 9.41. The maximum absolute atomic E-state index is 15.2. The zero-order valence-electron chi connectivity index (χ0n) is 26.1. The standard InChI is InChI=1S/C33H45Cl2N3O6S/c1-3-27(22-36(2)45(42,43)28-11-12-28)38-31(23-7-9-25(34)10-8-23)29(24-5-4-6-26(35)19-24)20-33(32(38)41,21-30(39)40)13-14-37-15-17-44-18-16-37/h4-7,9-10,19,23,27-29,31H,3,8,11-18,20-22H2,1-2H3,(H,39,40)/t23?,27?,29-,31-,33-/m1/s1. The molecule has 5 rings (SSSR count). The van der Waals surface area contributed by atoms with Gasteiger partial charge in [-0.2, -0.15) is 0 Å². The molecular weight excluding hydrogens is 637 g/mol. The van der Waals surface area contributed by atoms with Crippen LogP contribution in [0.1, 0.15) is 63.4 Å². The number of morpholine rings is 1. The van der Waals surface area contributed by atoms with E-state index in [4.69, 9.17) is 27.9 Å². The van der Waals surface area contributed by atoms with Gasteiger partial charge in [0.2, 0.25) is 15.9 Å². The second kappa shape index (κ2) is 14.4. The molecule has 1 amide bonds. The Morgan fingerprint density at radius 1 is 1.22 bits per heavy atom. The third-order valence-corrected chi connectivity index (χ3v) is 12.9. The molecule has 0 spiro atoms. The molecule has 1 aromatic carbocycles. The predicted octanol–water partition coefficient (Wildman–Crippen LogP) is 5.11. The van der Waals surface area contributed by atoms with E-state index in [2.05, 4.69) is 4.90 Å². The summed E-state index contributed by atoms with van der Waals surface area (Å²) in [7, 11) is -1.90. The van der Waals surface area contributed by atoms with E-state index in [0.29, 0.717) is 68.3 Å². The molecule has 1 aromatic rings. The lowest BCUT2D eigenvalue weighted by molar-refractivity contribution is -0.164. The van der Waals surface area contributed by atoms with Gasteiger partial charge in [-0.05, 0) is 68.8 Å². The molecule has 0 bridgehead atoms. The minimum atomic E-state index is -3.50. The van der Waals surface area contributed by atoms with Crippen molar-refractivity contribution in [2.45, 2.75) is 75.1 Å². The maximum atomic E-state index is 15.2. The van der Waals surface area contributed by atoms with Crippen molar-refractivity contribution in [3.8, 4) is 0 Å². The number of amides is 1. The van der Waals surface area contributed by atoms with E-state index >= 15 is 4.79 Å². The van der Waals surface area contributed by atoms with Crippen molar-refractivity contribution in [1.29, 1.82) is 0 Å². The summed E-state index contributed by atoms with van der Waals surface area (Å²) in [5.41, 5.74) is -0.255. The summed E-state index contributed by atoms with van der Waals surface area (Å²) in [5, 5.41) is 11.1. The molecule has 0 aromatic heterocycles. The molecular formula is C33H45Cl2N3O6S. The number of allylic oxidation sites excluding steroid dienone is 3. The molecule has 2 aliphatic carbocycles. The van der Waals surface area contributed by atoms with E-state index in [1.807, 2.05) is 54.3 Å². The molecule has 2 unspecified atom stereocenters. The van der Waals surface area contributed by atoms with Gasteiger partial charge in [-0.1, -0.05) is 54.4 Å². The third-order valence-electron chi connectivity index (χ3n) is 10.0. The summed E-state index contributed by atoms with van der Waals surface area (Å²) in [4.78, 5) is 31.8. The van der Waals surface area contributed by atoms with Gasteiger partial charge in [0.15, 0.2) is 0 Å². The van der Waals surface area contributed by atoms with Crippen LogP contribution in [-0.4, -0.2) is 103 Å². The van der Waals surface area contributed by atoms with Crippen LogP contribution in [0.4, 0.5) is 0 Å². The molecule has 248 valence electrons. The molecule has 5 atom stereocenters. The summed E-state index contributed by atoms with van der Waals surface area (Å²) in [6.45, 7) is 5.32. The summed E-state index contributed by atoms with van der Waals surface area (Å²) in [5.74, 6) is -1.59. The minimum absolute atomic E-state index is 0.109. The smallest absolute Gasteiger partial charge is 0.304 e. The van der Waals surface area contributed by atoms with Crippen LogP contribution in [0, 0.1) is 11.3 Å². The van der Waals surface area contributed by atoms with Crippen molar-refractivity contribution in [2.75, 3.05) is 46.4 Å². The van der Waals surface area contributed by atoms with E-state index in [1.54, 1.807) is 7.05 Å². The SMILES string of the molecule is CCC(CN(C)S(=O)(=O)C1CC1)N1C(=O)[C@@](CCN2CCOCC2)(CC(=O)O)C[C@H](c2cccc(Cl)c2)[C@H]1C1C=CC(Cl)=CC1. The molecule has 2 heterocycles. The van der Waals surface area contributed by atoms with Gasteiger partial charge < -0.3 is 14.7 Å². The number of carboxylic acid groups (broad SMARTS) is 1. The van der Waals surface area contributed by atoms with Crippen LogP contribution < -0.4 is 0 Å². The van der Waals surface area contributed by atoms with E-state index in [0.717, 1.165) is 18.7 Å². The number of rotatable bonds is 13. The second-order valence-electron chi connectivity index (χ2n) is 13.1. The highest BCUT2D eigenvalue weighted by atomic mass is 35.5. The van der Waals surface area contributed by atoms with Gasteiger partial charge in [-0.15, -0.1) is 0 Å². The van der Waals surface area contributed by atoms with Gasteiger partial charge in [-0.3, -0.25) is 14.5 Å². The van der Waals surface area contributed by atoms with Crippen LogP contribution in [0.2, 0.25) is 5.02 Å².